The highest BCUT2D eigenvalue weighted by molar-refractivity contribution is 6.33. The first-order chi connectivity index (χ1) is 13.3. The minimum atomic E-state index is -3.71. The van der Waals surface area contributed by atoms with E-state index in [1.54, 1.807) is 18.2 Å². The highest BCUT2D eigenvalue weighted by Gasteiger charge is 2.43. The van der Waals surface area contributed by atoms with Gasteiger partial charge < -0.3 is 14.8 Å². The van der Waals surface area contributed by atoms with Gasteiger partial charge in [0.15, 0.2) is 11.5 Å². The van der Waals surface area contributed by atoms with Crippen molar-refractivity contribution in [2.24, 2.45) is 0 Å². The van der Waals surface area contributed by atoms with E-state index in [0.717, 1.165) is 0 Å². The van der Waals surface area contributed by atoms with Gasteiger partial charge in [-0.05, 0) is 35.9 Å². The Morgan fingerprint density at radius 3 is 2.39 bits per heavy atom. The Bertz CT molecular complexity index is 1050. The van der Waals surface area contributed by atoms with Crippen LogP contribution < -0.4 is 14.8 Å². The molecule has 0 unspecified atom stereocenters. The molecule has 28 heavy (non-hydrogen) atoms. The van der Waals surface area contributed by atoms with Crippen LogP contribution in [0.1, 0.15) is 5.56 Å². The Hall–Kier alpha value is -2.64. The predicted molar refractivity (Wildman–Crippen MR) is 99.6 cm³/mol. The lowest BCUT2D eigenvalue weighted by atomic mass is 10.1. The summed E-state index contributed by atoms with van der Waals surface area (Å²) in [5.41, 5.74) is 1.80. The molecule has 4 nitrogen and oxygen atoms in total. The Morgan fingerprint density at radius 2 is 1.71 bits per heavy atom. The second kappa shape index (κ2) is 7.07. The molecule has 0 radical (unpaired) electrons. The molecule has 144 valence electrons. The molecule has 1 aromatic heterocycles. The highest BCUT2D eigenvalue weighted by Crippen LogP contribution is 2.46. The number of halogens is 5. The largest absolute Gasteiger partial charge is 0.586 e. The molecule has 1 aliphatic rings. The average Bonchev–Trinajstić information content (AvgIpc) is 2.93. The van der Waals surface area contributed by atoms with E-state index in [1.807, 2.05) is 0 Å². The summed E-state index contributed by atoms with van der Waals surface area (Å²) < 4.78 is 48.3. The van der Waals surface area contributed by atoms with E-state index in [2.05, 4.69) is 19.8 Å². The van der Waals surface area contributed by atoms with E-state index in [0.29, 0.717) is 34.1 Å². The fourth-order valence-electron chi connectivity index (χ4n) is 2.70. The zero-order valence-corrected chi connectivity index (χ0v) is 15.5. The van der Waals surface area contributed by atoms with Gasteiger partial charge in [0.25, 0.3) is 0 Å². The molecule has 9 heteroatoms. The Morgan fingerprint density at radius 1 is 0.964 bits per heavy atom. The Balaban J connectivity index is 1.51. The van der Waals surface area contributed by atoms with E-state index in [9.17, 15) is 13.2 Å². The van der Waals surface area contributed by atoms with Gasteiger partial charge in [-0.2, -0.15) is 0 Å². The summed E-state index contributed by atoms with van der Waals surface area (Å²) in [6, 6.07) is 10.2. The molecule has 0 saturated carbocycles. The van der Waals surface area contributed by atoms with Crippen molar-refractivity contribution in [3.8, 4) is 22.6 Å². The maximum Gasteiger partial charge on any atom is 0.586 e. The minimum absolute atomic E-state index is 0.0995. The fourth-order valence-corrected chi connectivity index (χ4v) is 3.20. The molecule has 4 rings (SSSR count). The van der Waals surface area contributed by atoms with E-state index in [-0.39, 0.29) is 16.5 Å². The lowest BCUT2D eigenvalue weighted by molar-refractivity contribution is -0.286. The highest BCUT2D eigenvalue weighted by atomic mass is 35.5. The van der Waals surface area contributed by atoms with Crippen molar-refractivity contribution in [1.82, 2.24) is 4.98 Å². The molecule has 2 heterocycles. The van der Waals surface area contributed by atoms with Gasteiger partial charge in [-0.15, -0.1) is 8.78 Å². The van der Waals surface area contributed by atoms with Crippen LogP contribution in [0.5, 0.6) is 11.5 Å². The number of alkyl halides is 2. The molecular formula is C19H11Cl2F3N2O2. The number of aromatic nitrogens is 1. The Labute approximate surface area is 167 Å². The number of pyridine rings is 1. The van der Waals surface area contributed by atoms with Crippen molar-refractivity contribution in [2.45, 2.75) is 12.8 Å². The van der Waals surface area contributed by atoms with E-state index < -0.39 is 12.1 Å². The van der Waals surface area contributed by atoms with Crippen molar-refractivity contribution in [3.63, 3.8) is 0 Å². The average molecular weight is 427 g/mol. The first-order valence-electron chi connectivity index (χ1n) is 8.04. The van der Waals surface area contributed by atoms with Gasteiger partial charge in [-0.3, -0.25) is 0 Å². The number of benzene rings is 2. The molecule has 0 aliphatic carbocycles. The fraction of sp³-hybridized carbons (Fsp3) is 0.105. The summed E-state index contributed by atoms with van der Waals surface area (Å²) in [6.45, 7) is 0.353. The van der Waals surface area contributed by atoms with Crippen LogP contribution in [0.3, 0.4) is 0 Å². The maximum absolute atomic E-state index is 13.2. The molecule has 0 bridgehead atoms. The van der Waals surface area contributed by atoms with Crippen LogP contribution >= 0.6 is 23.2 Å². The van der Waals surface area contributed by atoms with Gasteiger partial charge in [0.1, 0.15) is 11.6 Å². The number of nitrogens with zero attached hydrogens (tertiary/aromatic N) is 1. The molecule has 1 N–H and O–H groups in total. The third-order valence-electron chi connectivity index (χ3n) is 4.04. The van der Waals surface area contributed by atoms with Gasteiger partial charge in [0.05, 0.1) is 5.02 Å². The number of nitrogens with one attached hydrogen (secondary N) is 1. The molecular weight excluding hydrogens is 416 g/mol. The number of rotatable bonds is 4. The van der Waals surface area contributed by atoms with E-state index >= 15 is 0 Å². The number of hydrogen-bond acceptors (Lipinski definition) is 4. The third kappa shape index (κ3) is 3.81. The summed E-state index contributed by atoms with van der Waals surface area (Å²) in [4.78, 5) is 4.27. The van der Waals surface area contributed by atoms with Crippen LogP contribution in [0.15, 0.2) is 48.7 Å². The van der Waals surface area contributed by atoms with Gasteiger partial charge in [0, 0.05) is 35.0 Å². The van der Waals surface area contributed by atoms with E-state index in [4.69, 9.17) is 23.2 Å². The first-order valence-corrected chi connectivity index (χ1v) is 8.80. The minimum Gasteiger partial charge on any atom is -0.395 e. The third-order valence-corrected chi connectivity index (χ3v) is 4.71. The van der Waals surface area contributed by atoms with Crippen LogP contribution in [-0.4, -0.2) is 11.3 Å². The van der Waals surface area contributed by atoms with Gasteiger partial charge >= 0.3 is 6.29 Å². The van der Waals surface area contributed by atoms with Crippen LogP contribution in [0.4, 0.5) is 19.0 Å². The SMILES string of the molecule is Fc1ccc(CNc2ccc(-c3cc4c(cc3Cl)OC(F)(F)O4)cn2)c(Cl)c1. The van der Waals surface area contributed by atoms with Crippen molar-refractivity contribution in [3.05, 3.63) is 70.1 Å². The van der Waals surface area contributed by atoms with Gasteiger partial charge in [-0.25, -0.2) is 9.37 Å². The first kappa shape index (κ1) is 18.7. The summed E-state index contributed by atoms with van der Waals surface area (Å²) in [6.07, 6.45) is -2.17. The van der Waals surface area contributed by atoms with Crippen LogP contribution in [-0.2, 0) is 6.54 Å². The van der Waals surface area contributed by atoms with Crippen molar-refractivity contribution < 1.29 is 22.6 Å². The second-order valence-electron chi connectivity index (χ2n) is 5.97. The molecule has 0 amide bonds. The maximum atomic E-state index is 13.2. The number of hydrogen-bond donors (Lipinski definition) is 1. The number of ether oxygens (including phenoxy) is 2. The molecule has 0 spiro atoms. The molecule has 2 aromatic carbocycles. The molecule has 0 fully saturated rings. The monoisotopic (exact) mass is 426 g/mol. The normalized spacial score (nSPS) is 14.2. The predicted octanol–water partition coefficient (Wildman–Crippen LogP) is 6.13. The zero-order chi connectivity index (χ0) is 19.9. The van der Waals surface area contributed by atoms with Gasteiger partial charge in [0.2, 0.25) is 0 Å². The van der Waals surface area contributed by atoms with Crippen molar-refractivity contribution in [2.75, 3.05) is 5.32 Å². The standard InChI is InChI=1S/C19H11Cl2F3N2O2/c20-14-5-12(22)3-1-11(14)9-26-18-4-2-10(8-25-18)13-6-16-17(7-15(13)21)28-19(23,24)27-16/h1-8H,9H2,(H,25,26). The summed E-state index contributed by atoms with van der Waals surface area (Å²) in [5, 5.41) is 3.61. The molecule has 3 aromatic rings. The lowest BCUT2D eigenvalue weighted by Crippen LogP contribution is -2.25. The number of anilines is 1. The van der Waals surface area contributed by atoms with Crippen molar-refractivity contribution in [1.29, 1.82) is 0 Å². The lowest BCUT2D eigenvalue weighted by Gasteiger charge is -2.09. The number of fused-ring (bicyclic) bond motifs is 1. The summed E-state index contributed by atoms with van der Waals surface area (Å²) >= 11 is 12.2. The summed E-state index contributed by atoms with van der Waals surface area (Å²) in [5.74, 6) is -0.0825. The topological polar surface area (TPSA) is 43.4 Å². The van der Waals surface area contributed by atoms with Crippen LogP contribution in [0, 0.1) is 5.82 Å². The molecule has 0 atom stereocenters. The van der Waals surface area contributed by atoms with Gasteiger partial charge in [-0.1, -0.05) is 29.3 Å². The second-order valence-corrected chi connectivity index (χ2v) is 6.78. The quantitative estimate of drug-likeness (QED) is 0.544. The van der Waals surface area contributed by atoms with Crippen LogP contribution in [0.2, 0.25) is 10.0 Å². The molecule has 1 aliphatic heterocycles. The van der Waals surface area contributed by atoms with Crippen molar-refractivity contribution >= 4 is 29.0 Å². The Kier molecular flexibility index (Phi) is 4.72. The van der Waals surface area contributed by atoms with Crippen LogP contribution in [0.25, 0.3) is 11.1 Å². The van der Waals surface area contributed by atoms with E-state index in [1.165, 1.54) is 30.5 Å². The smallest absolute Gasteiger partial charge is 0.395 e. The summed E-state index contributed by atoms with van der Waals surface area (Å²) in [7, 11) is 0. The molecule has 0 saturated heterocycles. The zero-order valence-electron chi connectivity index (χ0n) is 14.0.